The molecule has 1 aromatic carbocycles. The number of rotatable bonds is 2. The third-order valence-electron chi connectivity index (χ3n) is 3.30. The maximum Gasteiger partial charge on any atom is 0.293 e. The minimum absolute atomic E-state index is 0.288. The summed E-state index contributed by atoms with van der Waals surface area (Å²) in [5.74, 6) is 1.45. The molecule has 3 heterocycles. The molecule has 0 bridgehead atoms. The summed E-state index contributed by atoms with van der Waals surface area (Å²) in [5.41, 5.74) is 0.768. The molecule has 0 aliphatic carbocycles. The highest BCUT2D eigenvalue weighted by Crippen LogP contribution is 2.37. The van der Waals surface area contributed by atoms with Crippen molar-refractivity contribution in [2.75, 3.05) is 18.5 Å². The Morgan fingerprint density at radius 3 is 2.82 bits per heavy atom. The molecule has 4 rings (SSSR count). The Bertz CT molecular complexity index is 827. The second kappa shape index (κ2) is 4.99. The number of nitrogens with one attached hydrogen (secondary N) is 1. The van der Waals surface area contributed by atoms with Crippen molar-refractivity contribution in [1.29, 1.82) is 0 Å². The predicted octanol–water partition coefficient (Wildman–Crippen LogP) is 2.05. The number of thiazole rings is 1. The lowest BCUT2D eigenvalue weighted by Gasteiger charge is -2.17. The van der Waals surface area contributed by atoms with E-state index < -0.39 is 0 Å². The van der Waals surface area contributed by atoms with Crippen LogP contribution in [0, 0.1) is 0 Å². The number of benzene rings is 1. The SMILES string of the molecule is Cn1ccnc1C(=O)Nc1nc2cc3c(cc2s1)OCCO3. The van der Waals surface area contributed by atoms with Gasteiger partial charge >= 0.3 is 0 Å². The molecule has 0 saturated carbocycles. The van der Waals surface area contributed by atoms with E-state index in [9.17, 15) is 4.79 Å². The minimum Gasteiger partial charge on any atom is -0.486 e. The van der Waals surface area contributed by atoms with Crippen LogP contribution < -0.4 is 14.8 Å². The topological polar surface area (TPSA) is 78.3 Å². The number of nitrogens with zero attached hydrogens (tertiary/aromatic N) is 3. The molecule has 8 heteroatoms. The van der Waals surface area contributed by atoms with Gasteiger partial charge < -0.3 is 14.0 Å². The van der Waals surface area contributed by atoms with Gasteiger partial charge in [-0.3, -0.25) is 10.1 Å². The Hall–Kier alpha value is -2.61. The summed E-state index contributed by atoms with van der Waals surface area (Å²) in [6.07, 6.45) is 3.30. The number of imidazole rings is 1. The van der Waals surface area contributed by atoms with Crippen molar-refractivity contribution in [3.63, 3.8) is 0 Å². The molecule has 0 radical (unpaired) electrons. The van der Waals surface area contributed by atoms with Gasteiger partial charge in [-0.15, -0.1) is 0 Å². The quantitative estimate of drug-likeness (QED) is 0.783. The molecule has 1 amide bonds. The molecule has 0 unspecified atom stereocenters. The fourth-order valence-corrected chi connectivity index (χ4v) is 3.13. The van der Waals surface area contributed by atoms with E-state index in [1.807, 2.05) is 12.1 Å². The fraction of sp³-hybridized carbons (Fsp3) is 0.214. The number of aryl methyl sites for hydroxylation is 1. The Balaban J connectivity index is 1.65. The third-order valence-corrected chi connectivity index (χ3v) is 4.23. The molecule has 1 aliphatic heterocycles. The first-order valence-electron chi connectivity index (χ1n) is 6.69. The van der Waals surface area contributed by atoms with Gasteiger partial charge in [0, 0.05) is 31.6 Å². The molecule has 3 aromatic rings. The van der Waals surface area contributed by atoms with Crippen LogP contribution in [0.4, 0.5) is 5.13 Å². The van der Waals surface area contributed by atoms with Crippen LogP contribution in [-0.4, -0.2) is 33.7 Å². The lowest BCUT2D eigenvalue weighted by molar-refractivity contribution is 0.101. The van der Waals surface area contributed by atoms with E-state index in [0.29, 0.717) is 35.7 Å². The van der Waals surface area contributed by atoms with E-state index in [4.69, 9.17) is 9.47 Å². The first-order chi connectivity index (χ1) is 10.7. The third kappa shape index (κ3) is 2.17. The summed E-state index contributed by atoms with van der Waals surface area (Å²) in [6, 6.07) is 3.72. The summed E-state index contributed by atoms with van der Waals surface area (Å²) in [5, 5.41) is 3.29. The summed E-state index contributed by atoms with van der Waals surface area (Å²) in [6.45, 7) is 1.07. The van der Waals surface area contributed by atoms with E-state index in [1.54, 1.807) is 24.0 Å². The molecule has 0 fully saturated rings. The number of amides is 1. The summed E-state index contributed by atoms with van der Waals surface area (Å²) < 4.78 is 13.7. The maximum absolute atomic E-state index is 12.2. The molecule has 0 saturated heterocycles. The molecule has 7 nitrogen and oxygen atoms in total. The van der Waals surface area contributed by atoms with Gasteiger partial charge in [-0.2, -0.15) is 0 Å². The molecular formula is C14H12N4O3S. The maximum atomic E-state index is 12.2. The smallest absolute Gasteiger partial charge is 0.293 e. The van der Waals surface area contributed by atoms with Gasteiger partial charge in [0.15, 0.2) is 22.5 Å². The fourth-order valence-electron chi connectivity index (χ4n) is 2.26. The zero-order valence-electron chi connectivity index (χ0n) is 11.7. The van der Waals surface area contributed by atoms with Gasteiger partial charge in [-0.25, -0.2) is 9.97 Å². The molecule has 0 atom stereocenters. The molecular weight excluding hydrogens is 304 g/mol. The Kier molecular flexibility index (Phi) is 2.97. The predicted molar refractivity (Wildman–Crippen MR) is 81.8 cm³/mol. The van der Waals surface area contributed by atoms with Crippen molar-refractivity contribution >= 4 is 32.6 Å². The van der Waals surface area contributed by atoms with Crippen LogP contribution >= 0.6 is 11.3 Å². The first-order valence-corrected chi connectivity index (χ1v) is 7.51. The van der Waals surface area contributed by atoms with Crippen LogP contribution in [0.5, 0.6) is 11.5 Å². The van der Waals surface area contributed by atoms with E-state index in [0.717, 1.165) is 10.2 Å². The van der Waals surface area contributed by atoms with Gasteiger partial charge in [0.25, 0.3) is 5.91 Å². The van der Waals surface area contributed by atoms with Crippen LogP contribution in [0.25, 0.3) is 10.2 Å². The second-order valence-corrected chi connectivity index (χ2v) is 5.83. The highest BCUT2D eigenvalue weighted by Gasteiger charge is 2.17. The Morgan fingerprint density at radius 2 is 2.09 bits per heavy atom. The summed E-state index contributed by atoms with van der Waals surface area (Å²) >= 11 is 1.39. The van der Waals surface area contributed by atoms with Gasteiger partial charge in [-0.05, 0) is 0 Å². The molecule has 1 N–H and O–H groups in total. The van der Waals surface area contributed by atoms with E-state index in [2.05, 4.69) is 15.3 Å². The summed E-state index contributed by atoms with van der Waals surface area (Å²) in [7, 11) is 1.77. The first kappa shape index (κ1) is 13.1. The Morgan fingerprint density at radius 1 is 1.32 bits per heavy atom. The summed E-state index contributed by atoms with van der Waals surface area (Å²) in [4.78, 5) is 20.6. The number of carbonyl (C=O) groups excluding carboxylic acids is 1. The second-order valence-electron chi connectivity index (χ2n) is 4.80. The number of carbonyl (C=O) groups is 1. The number of hydrogen-bond donors (Lipinski definition) is 1. The molecule has 112 valence electrons. The van der Waals surface area contributed by atoms with Crippen molar-refractivity contribution in [3.05, 3.63) is 30.4 Å². The van der Waals surface area contributed by atoms with Crippen molar-refractivity contribution in [2.45, 2.75) is 0 Å². The van der Waals surface area contributed by atoms with Crippen LogP contribution in [0.15, 0.2) is 24.5 Å². The lowest BCUT2D eigenvalue weighted by Crippen LogP contribution is -2.16. The lowest BCUT2D eigenvalue weighted by atomic mass is 10.3. The van der Waals surface area contributed by atoms with E-state index in [-0.39, 0.29) is 5.91 Å². The average Bonchev–Trinajstić information content (AvgIpc) is 3.09. The van der Waals surface area contributed by atoms with Gasteiger partial charge in [0.05, 0.1) is 10.2 Å². The zero-order valence-corrected chi connectivity index (χ0v) is 12.5. The zero-order chi connectivity index (χ0) is 15.1. The number of ether oxygens (including phenoxy) is 2. The number of aromatic nitrogens is 3. The van der Waals surface area contributed by atoms with Crippen molar-refractivity contribution in [3.8, 4) is 11.5 Å². The average molecular weight is 316 g/mol. The van der Waals surface area contributed by atoms with Crippen molar-refractivity contribution in [2.24, 2.45) is 7.05 Å². The van der Waals surface area contributed by atoms with E-state index in [1.165, 1.54) is 11.3 Å². The number of hydrogen-bond acceptors (Lipinski definition) is 6. The standard InChI is InChI=1S/C14H12N4O3S/c1-18-3-2-15-12(18)13(19)17-14-16-8-6-9-10(7-11(8)22-14)21-5-4-20-9/h2-3,6-7H,4-5H2,1H3,(H,16,17,19). The Labute approximate surface area is 129 Å². The van der Waals surface area contributed by atoms with Crippen LogP contribution in [0.1, 0.15) is 10.6 Å². The van der Waals surface area contributed by atoms with Crippen molar-refractivity contribution < 1.29 is 14.3 Å². The van der Waals surface area contributed by atoms with Crippen LogP contribution in [0.3, 0.4) is 0 Å². The van der Waals surface area contributed by atoms with Gasteiger partial charge in [-0.1, -0.05) is 11.3 Å². The highest BCUT2D eigenvalue weighted by atomic mass is 32.1. The molecule has 1 aliphatic rings. The molecule has 22 heavy (non-hydrogen) atoms. The van der Waals surface area contributed by atoms with Crippen LogP contribution in [-0.2, 0) is 7.05 Å². The van der Waals surface area contributed by atoms with Gasteiger partial charge in [0.2, 0.25) is 0 Å². The largest absolute Gasteiger partial charge is 0.486 e. The monoisotopic (exact) mass is 316 g/mol. The minimum atomic E-state index is -0.288. The molecule has 2 aromatic heterocycles. The van der Waals surface area contributed by atoms with Crippen molar-refractivity contribution in [1.82, 2.24) is 14.5 Å². The number of anilines is 1. The van der Waals surface area contributed by atoms with Gasteiger partial charge in [0.1, 0.15) is 13.2 Å². The molecule has 0 spiro atoms. The van der Waals surface area contributed by atoms with Crippen LogP contribution in [0.2, 0.25) is 0 Å². The number of fused-ring (bicyclic) bond motifs is 2. The van der Waals surface area contributed by atoms with E-state index >= 15 is 0 Å². The highest BCUT2D eigenvalue weighted by molar-refractivity contribution is 7.22. The normalized spacial score (nSPS) is 13.3.